The highest BCUT2D eigenvalue weighted by molar-refractivity contribution is 5.55. The van der Waals surface area contributed by atoms with Crippen LogP contribution in [0.1, 0.15) is 11.4 Å². The van der Waals surface area contributed by atoms with Gasteiger partial charge < -0.3 is 14.8 Å². The van der Waals surface area contributed by atoms with Crippen molar-refractivity contribution >= 4 is 5.95 Å². The minimum absolute atomic E-state index is 0.0226. The van der Waals surface area contributed by atoms with E-state index in [0.29, 0.717) is 12.0 Å². The largest absolute Gasteiger partial charge is 0.469 e. The van der Waals surface area contributed by atoms with E-state index in [1.54, 1.807) is 18.6 Å². The molecule has 8 nitrogen and oxygen atoms in total. The molecule has 0 unspecified atom stereocenters. The molecular formula is C18H15F3N6O2. The van der Waals surface area contributed by atoms with E-state index < -0.39 is 23.7 Å². The monoisotopic (exact) mass is 404 g/mol. The number of nitrogens with zero attached hydrogens (tertiary/aromatic N) is 5. The van der Waals surface area contributed by atoms with Crippen molar-refractivity contribution in [2.45, 2.75) is 18.8 Å². The molecule has 1 fully saturated rings. The smallest absolute Gasteiger partial charge is 0.423 e. The minimum Gasteiger partial charge on any atom is -0.469 e. The first-order valence-corrected chi connectivity index (χ1v) is 8.64. The average molecular weight is 404 g/mol. The number of anilines is 1. The van der Waals surface area contributed by atoms with Gasteiger partial charge in [0.1, 0.15) is 17.5 Å². The van der Waals surface area contributed by atoms with Gasteiger partial charge in [-0.15, -0.1) is 0 Å². The second kappa shape index (κ2) is 7.95. The molecule has 0 aliphatic carbocycles. The van der Waals surface area contributed by atoms with Crippen LogP contribution in [0.5, 0.6) is 5.88 Å². The lowest BCUT2D eigenvalue weighted by Gasteiger charge is -2.27. The summed E-state index contributed by atoms with van der Waals surface area (Å²) >= 11 is 0. The van der Waals surface area contributed by atoms with Crippen molar-refractivity contribution < 1.29 is 22.6 Å². The van der Waals surface area contributed by atoms with E-state index in [2.05, 4.69) is 30.2 Å². The molecule has 29 heavy (non-hydrogen) atoms. The van der Waals surface area contributed by atoms with Crippen LogP contribution in [0.3, 0.4) is 0 Å². The van der Waals surface area contributed by atoms with Gasteiger partial charge in [0.15, 0.2) is 0 Å². The van der Waals surface area contributed by atoms with E-state index in [0.717, 1.165) is 11.3 Å². The molecule has 0 radical (unpaired) electrons. The molecule has 1 aliphatic rings. The molecule has 4 rings (SSSR count). The molecule has 1 aliphatic heterocycles. The fourth-order valence-corrected chi connectivity index (χ4v) is 2.45. The maximum absolute atomic E-state index is 13.1. The van der Waals surface area contributed by atoms with Gasteiger partial charge in [-0.2, -0.15) is 18.2 Å². The van der Waals surface area contributed by atoms with Gasteiger partial charge >= 0.3 is 6.18 Å². The number of aromatic nitrogens is 5. The van der Waals surface area contributed by atoms with Crippen molar-refractivity contribution in [3.05, 3.63) is 54.4 Å². The Labute approximate surface area is 163 Å². The van der Waals surface area contributed by atoms with Gasteiger partial charge in [-0.25, -0.2) is 15.0 Å². The summed E-state index contributed by atoms with van der Waals surface area (Å²) in [5.41, 5.74) is 0.448. The molecule has 0 atom stereocenters. The lowest BCUT2D eigenvalue weighted by Crippen LogP contribution is -2.39. The molecule has 4 heterocycles. The Balaban J connectivity index is 1.45. The average Bonchev–Trinajstić information content (AvgIpc) is 2.69. The summed E-state index contributed by atoms with van der Waals surface area (Å²) in [7, 11) is 0. The van der Waals surface area contributed by atoms with Crippen LogP contribution in [0.15, 0.2) is 43.0 Å². The highest BCUT2D eigenvalue weighted by Gasteiger charge is 2.37. The van der Waals surface area contributed by atoms with Crippen LogP contribution in [0.2, 0.25) is 0 Å². The van der Waals surface area contributed by atoms with Crippen LogP contribution in [-0.2, 0) is 17.5 Å². The Bertz CT molecular complexity index is 966. The Morgan fingerprint density at radius 2 is 1.86 bits per heavy atom. The molecule has 3 aromatic rings. The van der Waals surface area contributed by atoms with E-state index in [4.69, 9.17) is 9.47 Å². The van der Waals surface area contributed by atoms with Crippen LogP contribution in [0, 0.1) is 0 Å². The molecule has 3 aromatic heterocycles. The highest BCUT2D eigenvalue weighted by Crippen LogP contribution is 2.35. The van der Waals surface area contributed by atoms with Crippen molar-refractivity contribution in [1.29, 1.82) is 0 Å². The van der Waals surface area contributed by atoms with E-state index in [1.165, 1.54) is 0 Å². The lowest BCUT2D eigenvalue weighted by molar-refractivity contribution is -0.142. The number of halogens is 3. The fourth-order valence-electron chi connectivity index (χ4n) is 2.45. The van der Waals surface area contributed by atoms with Crippen molar-refractivity contribution in [3.63, 3.8) is 0 Å². The summed E-state index contributed by atoms with van der Waals surface area (Å²) in [4.78, 5) is 20.2. The molecular weight excluding hydrogens is 389 g/mol. The van der Waals surface area contributed by atoms with Gasteiger partial charge in [-0.05, 0) is 12.1 Å². The van der Waals surface area contributed by atoms with E-state index in [-0.39, 0.29) is 25.7 Å². The van der Waals surface area contributed by atoms with Crippen molar-refractivity contribution in [1.82, 2.24) is 24.9 Å². The first-order chi connectivity index (χ1) is 14.0. The van der Waals surface area contributed by atoms with Crippen LogP contribution < -0.4 is 10.1 Å². The first-order valence-electron chi connectivity index (χ1n) is 8.64. The van der Waals surface area contributed by atoms with Crippen molar-refractivity contribution in [2.24, 2.45) is 0 Å². The van der Waals surface area contributed by atoms with Crippen LogP contribution in [-0.4, -0.2) is 44.2 Å². The van der Waals surface area contributed by atoms with Crippen LogP contribution >= 0.6 is 0 Å². The van der Waals surface area contributed by atoms with E-state index in [9.17, 15) is 13.2 Å². The van der Waals surface area contributed by atoms with Gasteiger partial charge in [0.05, 0.1) is 25.5 Å². The molecule has 1 saturated heterocycles. The zero-order valence-corrected chi connectivity index (χ0v) is 14.9. The number of alkyl halides is 3. The van der Waals surface area contributed by atoms with Gasteiger partial charge in [0.25, 0.3) is 0 Å². The fraction of sp³-hybridized carbons (Fsp3) is 0.278. The third-order valence-electron chi connectivity index (χ3n) is 4.02. The maximum Gasteiger partial charge on any atom is 0.423 e. The number of ether oxygens (including phenoxy) is 2. The van der Waals surface area contributed by atoms with E-state index in [1.807, 2.05) is 18.2 Å². The zero-order chi connectivity index (χ0) is 20.3. The number of hydrogen-bond donors (Lipinski definition) is 1. The Hall–Kier alpha value is -3.34. The predicted molar refractivity (Wildman–Crippen MR) is 94.9 cm³/mol. The number of hydrogen-bond acceptors (Lipinski definition) is 8. The topological polar surface area (TPSA) is 94.9 Å². The number of pyridine rings is 1. The van der Waals surface area contributed by atoms with Gasteiger partial charge in [-0.1, -0.05) is 6.07 Å². The number of nitrogens with one attached hydrogen (secondary N) is 1. The van der Waals surface area contributed by atoms with Gasteiger partial charge in [0, 0.05) is 30.4 Å². The highest BCUT2D eigenvalue weighted by atomic mass is 19.4. The second-order valence-electron chi connectivity index (χ2n) is 6.14. The molecule has 0 spiro atoms. The zero-order valence-electron chi connectivity index (χ0n) is 14.9. The van der Waals surface area contributed by atoms with Crippen molar-refractivity contribution in [3.8, 4) is 17.1 Å². The van der Waals surface area contributed by atoms with Gasteiger partial charge in [0.2, 0.25) is 11.8 Å². The molecule has 1 N–H and O–H groups in total. The predicted octanol–water partition coefficient (Wildman–Crippen LogP) is 2.74. The Morgan fingerprint density at radius 3 is 2.48 bits per heavy atom. The summed E-state index contributed by atoms with van der Waals surface area (Å²) in [6, 6.07) is 5.50. The Kier molecular flexibility index (Phi) is 5.21. The summed E-state index contributed by atoms with van der Waals surface area (Å²) in [5.74, 6) is -0.136. The molecule has 0 saturated carbocycles. The Morgan fingerprint density at radius 1 is 1.07 bits per heavy atom. The summed E-state index contributed by atoms with van der Waals surface area (Å²) < 4.78 is 49.6. The second-order valence-corrected chi connectivity index (χ2v) is 6.14. The first kappa shape index (κ1) is 19.0. The lowest BCUT2D eigenvalue weighted by atomic mass is 10.2. The van der Waals surface area contributed by atoms with Crippen molar-refractivity contribution in [2.75, 3.05) is 18.5 Å². The summed E-state index contributed by atoms with van der Waals surface area (Å²) in [6.07, 6.45) is 0.512. The molecule has 150 valence electrons. The third kappa shape index (κ3) is 4.57. The van der Waals surface area contributed by atoms with Gasteiger partial charge in [-0.3, -0.25) is 4.98 Å². The minimum atomic E-state index is -4.62. The SMILES string of the molecule is FC(F)(F)c1cnc(NCc2ncc(-c3ccccn3)cn2)nc1OC1COC1. The summed E-state index contributed by atoms with van der Waals surface area (Å²) in [5, 5.41) is 2.81. The molecule has 0 aromatic carbocycles. The number of rotatable bonds is 6. The maximum atomic E-state index is 13.1. The van der Waals surface area contributed by atoms with Crippen LogP contribution in [0.4, 0.5) is 19.1 Å². The normalized spacial score (nSPS) is 14.3. The molecule has 0 amide bonds. The van der Waals surface area contributed by atoms with E-state index >= 15 is 0 Å². The van der Waals surface area contributed by atoms with Crippen LogP contribution in [0.25, 0.3) is 11.3 Å². The molecule has 0 bridgehead atoms. The standard InChI is InChI=1S/C18H15F3N6O2/c19-18(20,21)13-7-25-17(27-16(13)29-12-9-28-10-12)26-8-15-23-5-11(6-24-15)14-3-1-2-4-22-14/h1-7,12H,8-10H2,(H,25,26,27). The summed E-state index contributed by atoms with van der Waals surface area (Å²) in [6.45, 7) is 0.570. The third-order valence-corrected chi connectivity index (χ3v) is 4.02. The molecule has 11 heteroatoms. The quantitative estimate of drug-likeness (QED) is 0.670.